The summed E-state index contributed by atoms with van der Waals surface area (Å²) in [6.45, 7) is 4.10. The second-order valence-electron chi connectivity index (χ2n) is 3.47. The van der Waals surface area contributed by atoms with Crippen molar-refractivity contribution in [3.8, 4) is 0 Å². The van der Waals surface area contributed by atoms with Crippen molar-refractivity contribution in [2.75, 3.05) is 0 Å². The van der Waals surface area contributed by atoms with Crippen molar-refractivity contribution in [3.05, 3.63) is 22.7 Å². The van der Waals surface area contributed by atoms with Gasteiger partial charge in [-0.3, -0.25) is 0 Å². The molecular weight excluding hydrogens is 202 g/mol. The molecule has 0 bridgehead atoms. The number of benzene rings is 1. The van der Waals surface area contributed by atoms with E-state index in [2.05, 4.69) is 24.2 Å². The summed E-state index contributed by atoms with van der Waals surface area (Å²) in [5.74, 6) is 0.329. The van der Waals surface area contributed by atoms with E-state index in [0.29, 0.717) is 22.0 Å². The lowest BCUT2D eigenvalue weighted by molar-refractivity contribution is 0.155. The Bertz CT molecular complexity index is 478. The second kappa shape index (κ2) is 3.13. The predicted octanol–water partition coefficient (Wildman–Crippen LogP) is 2.45. The molecule has 5 heteroatoms. The maximum atomic E-state index is 9.25. The molecule has 0 amide bonds. The quantitative estimate of drug-likeness (QED) is 0.738. The van der Waals surface area contributed by atoms with Crippen LogP contribution in [0.1, 0.15) is 25.3 Å². The van der Waals surface area contributed by atoms with Crippen LogP contribution >= 0.6 is 11.6 Å². The Morgan fingerprint density at radius 3 is 2.79 bits per heavy atom. The molecule has 0 fully saturated rings. The van der Waals surface area contributed by atoms with Gasteiger partial charge in [-0.15, -0.1) is 5.10 Å². The molecule has 0 atom stereocenters. The average molecular weight is 212 g/mol. The first-order valence-electron chi connectivity index (χ1n) is 4.34. The van der Waals surface area contributed by atoms with Gasteiger partial charge in [-0.25, -0.2) is 0 Å². The number of aromatic nitrogens is 3. The van der Waals surface area contributed by atoms with Gasteiger partial charge in [0.25, 0.3) is 0 Å². The molecule has 2 rings (SSSR count). The lowest BCUT2D eigenvalue weighted by Crippen LogP contribution is -1.93. The van der Waals surface area contributed by atoms with Gasteiger partial charge in [0.05, 0.1) is 5.02 Å². The minimum atomic E-state index is 0.329. The van der Waals surface area contributed by atoms with Gasteiger partial charge in [-0.05, 0) is 22.8 Å². The van der Waals surface area contributed by atoms with Crippen molar-refractivity contribution < 1.29 is 5.21 Å². The summed E-state index contributed by atoms with van der Waals surface area (Å²) in [5, 5.41) is 17.1. The van der Waals surface area contributed by atoms with Crippen LogP contribution in [0.15, 0.2) is 12.1 Å². The minimum Gasteiger partial charge on any atom is -0.410 e. The smallest absolute Gasteiger partial charge is 0.135 e. The van der Waals surface area contributed by atoms with Crippen LogP contribution in [0.4, 0.5) is 0 Å². The molecule has 0 saturated heterocycles. The zero-order chi connectivity index (χ0) is 10.3. The Labute approximate surface area is 86.1 Å². The van der Waals surface area contributed by atoms with Gasteiger partial charge in [0.15, 0.2) is 0 Å². The molecule has 1 aromatic heterocycles. The van der Waals surface area contributed by atoms with Gasteiger partial charge < -0.3 is 5.21 Å². The van der Waals surface area contributed by atoms with Crippen LogP contribution in [-0.4, -0.2) is 20.4 Å². The monoisotopic (exact) mass is 211 g/mol. The fourth-order valence-electron chi connectivity index (χ4n) is 1.41. The van der Waals surface area contributed by atoms with Crippen LogP contribution in [0.5, 0.6) is 0 Å². The standard InChI is InChI=1S/C9H10ClN3O/c1-5(2)6-3-4-7-9(8(6)10)11-12-13(7)14/h3-5,14H,1-2H3. The average Bonchev–Trinajstić information content (AvgIpc) is 2.49. The highest BCUT2D eigenvalue weighted by Gasteiger charge is 2.13. The van der Waals surface area contributed by atoms with E-state index < -0.39 is 0 Å². The van der Waals surface area contributed by atoms with E-state index in [1.807, 2.05) is 6.07 Å². The summed E-state index contributed by atoms with van der Waals surface area (Å²) in [5.41, 5.74) is 2.08. The van der Waals surface area contributed by atoms with Crippen LogP contribution in [0.2, 0.25) is 5.02 Å². The van der Waals surface area contributed by atoms with Gasteiger partial charge >= 0.3 is 0 Å². The first-order chi connectivity index (χ1) is 6.61. The van der Waals surface area contributed by atoms with E-state index in [9.17, 15) is 5.21 Å². The van der Waals surface area contributed by atoms with Crippen molar-refractivity contribution in [3.63, 3.8) is 0 Å². The number of halogens is 1. The van der Waals surface area contributed by atoms with Crippen LogP contribution in [0.3, 0.4) is 0 Å². The Kier molecular flexibility index (Phi) is 2.07. The number of fused-ring (bicyclic) bond motifs is 1. The normalized spacial score (nSPS) is 11.4. The lowest BCUT2D eigenvalue weighted by atomic mass is 10.0. The van der Waals surface area contributed by atoms with Gasteiger partial charge in [0.1, 0.15) is 11.0 Å². The zero-order valence-electron chi connectivity index (χ0n) is 7.90. The number of hydrogen-bond acceptors (Lipinski definition) is 3. The molecule has 0 unspecified atom stereocenters. The minimum absolute atomic E-state index is 0.329. The van der Waals surface area contributed by atoms with Crippen molar-refractivity contribution >= 4 is 22.6 Å². The summed E-state index contributed by atoms with van der Waals surface area (Å²) in [7, 11) is 0. The SMILES string of the molecule is CC(C)c1ccc2c(nnn2O)c1Cl. The van der Waals surface area contributed by atoms with Crippen LogP contribution in [0, 0.1) is 0 Å². The number of rotatable bonds is 1. The Morgan fingerprint density at radius 2 is 2.14 bits per heavy atom. The van der Waals surface area contributed by atoms with Crippen LogP contribution < -0.4 is 0 Å². The van der Waals surface area contributed by atoms with Crippen molar-refractivity contribution in [2.45, 2.75) is 19.8 Å². The summed E-state index contributed by atoms with van der Waals surface area (Å²) >= 11 is 6.12. The Morgan fingerprint density at radius 1 is 1.43 bits per heavy atom. The van der Waals surface area contributed by atoms with E-state index in [-0.39, 0.29) is 0 Å². The molecule has 0 aliphatic carbocycles. The molecule has 14 heavy (non-hydrogen) atoms. The maximum Gasteiger partial charge on any atom is 0.135 e. The van der Waals surface area contributed by atoms with E-state index in [1.165, 1.54) is 0 Å². The van der Waals surface area contributed by atoms with Crippen molar-refractivity contribution in [2.24, 2.45) is 0 Å². The third-order valence-electron chi connectivity index (χ3n) is 2.19. The van der Waals surface area contributed by atoms with E-state index in [1.54, 1.807) is 6.07 Å². The van der Waals surface area contributed by atoms with Crippen LogP contribution in [0.25, 0.3) is 11.0 Å². The lowest BCUT2D eigenvalue weighted by Gasteiger charge is -2.07. The highest BCUT2D eigenvalue weighted by molar-refractivity contribution is 6.35. The molecule has 74 valence electrons. The van der Waals surface area contributed by atoms with Gasteiger partial charge in [0.2, 0.25) is 0 Å². The fourth-order valence-corrected chi connectivity index (χ4v) is 1.82. The summed E-state index contributed by atoms with van der Waals surface area (Å²) in [6.07, 6.45) is 0. The molecule has 0 spiro atoms. The fraction of sp³-hybridized carbons (Fsp3) is 0.333. The third-order valence-corrected chi connectivity index (χ3v) is 2.59. The first-order valence-corrected chi connectivity index (χ1v) is 4.72. The predicted molar refractivity (Wildman–Crippen MR) is 53.8 cm³/mol. The largest absolute Gasteiger partial charge is 0.410 e. The van der Waals surface area contributed by atoms with Gasteiger partial charge in [0, 0.05) is 0 Å². The van der Waals surface area contributed by atoms with E-state index >= 15 is 0 Å². The summed E-state index contributed by atoms with van der Waals surface area (Å²) in [4.78, 5) is 0.728. The number of nitrogens with zero attached hydrogens (tertiary/aromatic N) is 3. The third kappa shape index (κ3) is 1.23. The van der Waals surface area contributed by atoms with E-state index in [0.717, 1.165) is 10.4 Å². The summed E-state index contributed by atoms with van der Waals surface area (Å²) < 4.78 is 0. The molecule has 1 aromatic carbocycles. The molecule has 1 heterocycles. The zero-order valence-corrected chi connectivity index (χ0v) is 8.65. The summed E-state index contributed by atoms with van der Waals surface area (Å²) in [6, 6.07) is 3.64. The van der Waals surface area contributed by atoms with Gasteiger partial charge in [-0.2, -0.15) is 0 Å². The van der Waals surface area contributed by atoms with Crippen molar-refractivity contribution in [1.29, 1.82) is 0 Å². The molecule has 1 N–H and O–H groups in total. The van der Waals surface area contributed by atoms with Gasteiger partial charge in [-0.1, -0.05) is 36.4 Å². The molecular formula is C9H10ClN3O. The topological polar surface area (TPSA) is 50.9 Å². The highest BCUT2D eigenvalue weighted by Crippen LogP contribution is 2.29. The maximum absolute atomic E-state index is 9.25. The molecule has 4 nitrogen and oxygen atoms in total. The van der Waals surface area contributed by atoms with Crippen molar-refractivity contribution in [1.82, 2.24) is 15.2 Å². The van der Waals surface area contributed by atoms with Crippen LogP contribution in [-0.2, 0) is 0 Å². The molecule has 2 aromatic rings. The molecule has 0 aliphatic rings. The Balaban J connectivity index is 2.76. The second-order valence-corrected chi connectivity index (χ2v) is 3.85. The molecule has 0 aliphatic heterocycles. The molecule has 0 saturated carbocycles. The van der Waals surface area contributed by atoms with E-state index in [4.69, 9.17) is 11.6 Å². The first kappa shape index (κ1) is 9.27. The highest BCUT2D eigenvalue weighted by atomic mass is 35.5. The Hall–Kier alpha value is -1.29. The molecule has 0 radical (unpaired) electrons. The number of hydrogen-bond donors (Lipinski definition) is 1.